The molecule has 11 heteroatoms. The third kappa shape index (κ3) is 6.22. The summed E-state index contributed by atoms with van der Waals surface area (Å²) in [5, 5.41) is 12.3. The first kappa shape index (κ1) is 28.9. The van der Waals surface area contributed by atoms with Gasteiger partial charge in [0, 0.05) is 23.2 Å². The number of H-pyrrole nitrogens is 1. The Hall–Kier alpha value is -5.11. The van der Waals surface area contributed by atoms with Crippen LogP contribution in [0.25, 0.3) is 0 Å². The van der Waals surface area contributed by atoms with Crippen molar-refractivity contribution in [3.63, 3.8) is 0 Å². The zero-order valence-corrected chi connectivity index (χ0v) is 22.8. The van der Waals surface area contributed by atoms with E-state index in [9.17, 15) is 24.0 Å². The first-order chi connectivity index (χ1) is 19.5. The van der Waals surface area contributed by atoms with Gasteiger partial charge in [-0.1, -0.05) is 26.0 Å². The quantitative estimate of drug-likeness (QED) is 0.229. The third-order valence-electron chi connectivity index (χ3n) is 6.45. The Morgan fingerprint density at radius 2 is 1.85 bits per heavy atom. The van der Waals surface area contributed by atoms with Crippen LogP contribution in [0.15, 0.2) is 58.1 Å². The molecule has 0 saturated heterocycles. The molecule has 4 aromatic rings. The van der Waals surface area contributed by atoms with Gasteiger partial charge < -0.3 is 10.1 Å². The molecule has 0 radical (unpaired) electrons. The molecule has 0 saturated carbocycles. The predicted molar refractivity (Wildman–Crippen MR) is 148 cm³/mol. The molecule has 4 rings (SSSR count). The van der Waals surface area contributed by atoms with E-state index >= 15 is 4.39 Å². The highest BCUT2D eigenvalue weighted by Gasteiger charge is 2.26. The molecule has 2 aromatic carbocycles. The maximum absolute atomic E-state index is 15.0. The Bertz CT molecular complexity index is 1790. The van der Waals surface area contributed by atoms with Gasteiger partial charge in [-0.2, -0.15) is 9.65 Å². The molecule has 0 unspecified atom stereocenters. The summed E-state index contributed by atoms with van der Waals surface area (Å²) in [5.74, 6) is -3.25. The minimum absolute atomic E-state index is 0.00139. The summed E-state index contributed by atoms with van der Waals surface area (Å²) < 4.78 is 35.7. The lowest BCUT2D eigenvalue weighted by atomic mass is 9.95. The number of nitrogens with one attached hydrogen (secondary N) is 2. The van der Waals surface area contributed by atoms with E-state index in [0.717, 1.165) is 10.1 Å². The number of nitriles is 1. The first-order valence-corrected chi connectivity index (χ1v) is 12.7. The summed E-state index contributed by atoms with van der Waals surface area (Å²) in [5.41, 5.74) is -0.545. The van der Waals surface area contributed by atoms with Crippen LogP contribution in [-0.4, -0.2) is 27.4 Å². The van der Waals surface area contributed by atoms with Crippen molar-refractivity contribution in [3.05, 3.63) is 120 Å². The molecule has 0 aliphatic carbocycles. The molecular weight excluding hydrogens is 532 g/mol. The molecule has 0 aliphatic rings. The minimum atomic E-state index is -1.40. The van der Waals surface area contributed by atoms with Crippen LogP contribution >= 0.6 is 0 Å². The summed E-state index contributed by atoms with van der Waals surface area (Å²) in [6, 6.07) is 14.8. The van der Waals surface area contributed by atoms with E-state index < -0.39 is 41.3 Å². The summed E-state index contributed by atoms with van der Waals surface area (Å²) in [7, 11) is 1.54. The van der Waals surface area contributed by atoms with Gasteiger partial charge in [-0.25, -0.2) is 14.2 Å². The van der Waals surface area contributed by atoms with Crippen LogP contribution in [0.3, 0.4) is 0 Å². The predicted octanol–water partition coefficient (Wildman–Crippen LogP) is 4.41. The number of halogens is 2. The van der Waals surface area contributed by atoms with Crippen LogP contribution < -0.4 is 21.3 Å². The summed E-state index contributed by atoms with van der Waals surface area (Å²) in [6.07, 6.45) is 0. The standard InChI is InChI=1S/C30H27F2N5O4/c1-16(2)24-26(27(38)20-10-17(3)9-19(11-20)13-33)37(30(40)36-29(24)39)15-21-12-23(35-28(32)25(21)31)34-14-18-5-7-22(41-4)8-6-18/h5-12,16H,14-15H2,1-4H3,(H,34,35)(H,36,39,40). The van der Waals surface area contributed by atoms with Gasteiger partial charge in [0.15, 0.2) is 5.82 Å². The fourth-order valence-electron chi connectivity index (χ4n) is 4.49. The van der Waals surface area contributed by atoms with Crippen LogP contribution in [0.1, 0.15) is 63.6 Å². The summed E-state index contributed by atoms with van der Waals surface area (Å²) >= 11 is 0. The van der Waals surface area contributed by atoms with Crippen LogP contribution in [0.5, 0.6) is 5.75 Å². The van der Waals surface area contributed by atoms with E-state index in [4.69, 9.17) is 4.74 Å². The van der Waals surface area contributed by atoms with E-state index in [2.05, 4.69) is 15.3 Å². The second-order valence-electron chi connectivity index (χ2n) is 9.76. The van der Waals surface area contributed by atoms with E-state index in [0.29, 0.717) is 11.3 Å². The van der Waals surface area contributed by atoms with Crippen molar-refractivity contribution in [2.45, 2.75) is 39.8 Å². The lowest BCUT2D eigenvalue weighted by Crippen LogP contribution is -2.38. The highest BCUT2D eigenvalue weighted by atomic mass is 19.2. The number of carbonyl (C=O) groups is 1. The Kier molecular flexibility index (Phi) is 8.42. The number of aryl methyl sites for hydroxylation is 1. The van der Waals surface area contributed by atoms with Gasteiger partial charge in [0.1, 0.15) is 17.3 Å². The molecule has 0 spiro atoms. The molecule has 0 amide bonds. The molecule has 9 nitrogen and oxygen atoms in total. The lowest BCUT2D eigenvalue weighted by molar-refractivity contribution is 0.102. The molecule has 0 fully saturated rings. The number of ether oxygens (including phenoxy) is 1. The average Bonchev–Trinajstić information content (AvgIpc) is 2.94. The largest absolute Gasteiger partial charge is 0.497 e. The minimum Gasteiger partial charge on any atom is -0.497 e. The molecule has 2 heterocycles. The van der Waals surface area contributed by atoms with Crippen molar-refractivity contribution in [3.8, 4) is 11.8 Å². The number of pyridine rings is 1. The van der Waals surface area contributed by atoms with Gasteiger partial charge in [0.2, 0.25) is 5.78 Å². The lowest BCUT2D eigenvalue weighted by Gasteiger charge is -2.18. The van der Waals surface area contributed by atoms with Crippen molar-refractivity contribution in [1.29, 1.82) is 5.26 Å². The molecular formula is C30H27F2N5O4. The number of aromatic amines is 1. The third-order valence-corrected chi connectivity index (χ3v) is 6.45. The van der Waals surface area contributed by atoms with Gasteiger partial charge in [0.25, 0.3) is 11.5 Å². The number of anilines is 1. The Balaban J connectivity index is 1.79. The van der Waals surface area contributed by atoms with E-state index in [1.165, 1.54) is 18.2 Å². The van der Waals surface area contributed by atoms with Crippen molar-refractivity contribution >= 4 is 11.6 Å². The fraction of sp³-hybridized carbons (Fsp3) is 0.233. The van der Waals surface area contributed by atoms with E-state index in [-0.39, 0.29) is 40.3 Å². The van der Waals surface area contributed by atoms with E-state index in [1.54, 1.807) is 58.2 Å². The number of benzene rings is 2. The van der Waals surface area contributed by atoms with Crippen molar-refractivity contribution in [2.75, 3.05) is 12.4 Å². The van der Waals surface area contributed by atoms with Crippen LogP contribution in [-0.2, 0) is 13.1 Å². The molecule has 210 valence electrons. The molecule has 0 aliphatic heterocycles. The molecule has 2 N–H and O–H groups in total. The van der Waals surface area contributed by atoms with Crippen LogP contribution in [0.2, 0.25) is 0 Å². The number of methoxy groups -OCH3 is 1. The van der Waals surface area contributed by atoms with Crippen molar-refractivity contribution in [2.24, 2.45) is 0 Å². The highest BCUT2D eigenvalue weighted by molar-refractivity contribution is 6.09. The first-order valence-electron chi connectivity index (χ1n) is 12.7. The van der Waals surface area contributed by atoms with Gasteiger partial charge in [-0.05, 0) is 60.4 Å². The number of ketones is 1. The smallest absolute Gasteiger partial charge is 0.329 e. The number of aromatic nitrogens is 3. The van der Waals surface area contributed by atoms with Gasteiger partial charge in [0.05, 0.1) is 25.3 Å². The fourth-order valence-corrected chi connectivity index (χ4v) is 4.49. The monoisotopic (exact) mass is 559 g/mol. The summed E-state index contributed by atoms with van der Waals surface area (Å²) in [6.45, 7) is 4.69. The number of hydrogen-bond donors (Lipinski definition) is 2. The zero-order valence-electron chi connectivity index (χ0n) is 22.8. The van der Waals surface area contributed by atoms with Crippen LogP contribution in [0, 0.1) is 30.0 Å². The Morgan fingerprint density at radius 1 is 1.15 bits per heavy atom. The second-order valence-corrected chi connectivity index (χ2v) is 9.76. The number of carbonyl (C=O) groups excluding carboxylic acids is 1. The zero-order chi connectivity index (χ0) is 29.8. The Morgan fingerprint density at radius 3 is 2.49 bits per heavy atom. The average molecular weight is 560 g/mol. The molecule has 0 bridgehead atoms. The number of hydrogen-bond acceptors (Lipinski definition) is 7. The van der Waals surface area contributed by atoms with Gasteiger partial charge in [-0.3, -0.25) is 19.1 Å². The topological polar surface area (TPSA) is 130 Å². The normalized spacial score (nSPS) is 10.9. The van der Waals surface area contributed by atoms with E-state index in [1.807, 2.05) is 6.07 Å². The highest BCUT2D eigenvalue weighted by Crippen LogP contribution is 2.23. The SMILES string of the molecule is COc1ccc(CNc2cc(Cn3c(C(=O)c4cc(C)cc(C#N)c4)c(C(C)C)c(=O)[nH]c3=O)c(F)c(F)n2)cc1. The van der Waals surface area contributed by atoms with Crippen LogP contribution in [0.4, 0.5) is 14.6 Å². The second kappa shape index (κ2) is 12.0. The maximum Gasteiger partial charge on any atom is 0.329 e. The van der Waals surface area contributed by atoms with Gasteiger partial charge >= 0.3 is 5.69 Å². The van der Waals surface area contributed by atoms with Gasteiger partial charge in [-0.15, -0.1) is 0 Å². The van der Waals surface area contributed by atoms with Crippen molar-refractivity contribution < 1.29 is 18.3 Å². The number of nitrogens with zero attached hydrogens (tertiary/aromatic N) is 3. The molecule has 2 aromatic heterocycles. The molecule has 0 atom stereocenters. The number of rotatable bonds is 9. The summed E-state index contributed by atoms with van der Waals surface area (Å²) in [4.78, 5) is 45.5. The Labute approximate surface area is 234 Å². The maximum atomic E-state index is 15.0. The van der Waals surface area contributed by atoms with Crippen molar-refractivity contribution in [1.82, 2.24) is 14.5 Å². The molecule has 41 heavy (non-hydrogen) atoms.